The molecule has 1 aliphatic carbocycles. The van der Waals surface area contributed by atoms with Crippen LogP contribution >= 0.6 is 15.9 Å². The van der Waals surface area contributed by atoms with Gasteiger partial charge in [-0.05, 0) is 65.4 Å². The third-order valence-electron chi connectivity index (χ3n) is 3.07. The zero-order valence-corrected chi connectivity index (χ0v) is 12.4. The van der Waals surface area contributed by atoms with E-state index in [1.807, 2.05) is 18.2 Å². The second-order valence-electron chi connectivity index (χ2n) is 4.84. The summed E-state index contributed by atoms with van der Waals surface area (Å²) in [6.07, 6.45) is 3.30. The van der Waals surface area contributed by atoms with Gasteiger partial charge in [-0.25, -0.2) is 0 Å². The van der Waals surface area contributed by atoms with Crippen LogP contribution in [0.25, 0.3) is 0 Å². The lowest BCUT2D eigenvalue weighted by Crippen LogP contribution is -2.30. The van der Waals surface area contributed by atoms with E-state index in [1.165, 1.54) is 12.8 Å². The van der Waals surface area contributed by atoms with Crippen LogP contribution in [0.15, 0.2) is 22.7 Å². The Labute approximate surface area is 121 Å². The Morgan fingerprint density at radius 3 is 2.89 bits per heavy atom. The number of rotatable bonds is 7. The van der Waals surface area contributed by atoms with Crippen molar-refractivity contribution in [1.29, 1.82) is 0 Å². The first-order chi connectivity index (χ1) is 9.19. The maximum Gasteiger partial charge on any atom is 0.257 e. The Hall–Kier alpha value is -1.07. The molecule has 104 valence electrons. The van der Waals surface area contributed by atoms with Gasteiger partial charge >= 0.3 is 0 Å². The Balaban J connectivity index is 1.79. The number of hydrogen-bond acceptors (Lipinski definition) is 3. The second-order valence-corrected chi connectivity index (χ2v) is 5.69. The number of hydrogen-bond donors (Lipinski definition) is 2. The van der Waals surface area contributed by atoms with E-state index in [0.717, 1.165) is 23.0 Å². The molecule has 0 spiro atoms. The smallest absolute Gasteiger partial charge is 0.257 e. The van der Waals surface area contributed by atoms with E-state index in [0.29, 0.717) is 18.2 Å². The lowest BCUT2D eigenvalue weighted by Gasteiger charge is -2.10. The molecule has 19 heavy (non-hydrogen) atoms. The maximum atomic E-state index is 11.6. The molecule has 4 nitrogen and oxygen atoms in total. The van der Waals surface area contributed by atoms with Crippen LogP contribution in [0.1, 0.15) is 18.4 Å². The van der Waals surface area contributed by atoms with Crippen LogP contribution < -0.4 is 15.8 Å². The van der Waals surface area contributed by atoms with E-state index >= 15 is 0 Å². The first kappa shape index (κ1) is 14.3. The van der Waals surface area contributed by atoms with Crippen molar-refractivity contribution in [2.75, 3.05) is 19.7 Å². The molecule has 0 aliphatic heterocycles. The van der Waals surface area contributed by atoms with E-state index < -0.39 is 0 Å². The van der Waals surface area contributed by atoms with Crippen molar-refractivity contribution in [3.05, 3.63) is 28.2 Å². The molecule has 1 saturated carbocycles. The normalized spacial score (nSPS) is 14.2. The molecule has 3 N–H and O–H groups in total. The predicted octanol–water partition coefficient (Wildman–Crippen LogP) is 1.86. The fourth-order valence-corrected chi connectivity index (χ4v) is 2.30. The zero-order chi connectivity index (χ0) is 13.7. The molecular formula is C14H19BrN2O2. The van der Waals surface area contributed by atoms with E-state index in [1.54, 1.807) is 0 Å². The maximum absolute atomic E-state index is 11.6. The predicted molar refractivity (Wildman–Crippen MR) is 78.1 cm³/mol. The molecule has 0 atom stereocenters. The molecule has 0 aromatic heterocycles. The van der Waals surface area contributed by atoms with Crippen LogP contribution in [0, 0.1) is 5.92 Å². The number of amides is 1. The number of carbonyl (C=O) groups excluding carboxylic acids is 1. The molecule has 1 aliphatic rings. The lowest BCUT2D eigenvalue weighted by atomic mass is 10.1. The largest absolute Gasteiger partial charge is 0.483 e. The molecule has 0 radical (unpaired) electrons. The molecule has 1 aromatic carbocycles. The zero-order valence-electron chi connectivity index (χ0n) is 10.8. The van der Waals surface area contributed by atoms with Crippen molar-refractivity contribution in [1.82, 2.24) is 5.32 Å². The summed E-state index contributed by atoms with van der Waals surface area (Å²) in [6.45, 7) is 1.45. The van der Waals surface area contributed by atoms with E-state index in [4.69, 9.17) is 10.5 Å². The summed E-state index contributed by atoms with van der Waals surface area (Å²) >= 11 is 3.44. The van der Waals surface area contributed by atoms with Gasteiger partial charge in [-0.3, -0.25) is 4.79 Å². The van der Waals surface area contributed by atoms with E-state index in [-0.39, 0.29) is 12.5 Å². The highest BCUT2D eigenvalue weighted by molar-refractivity contribution is 9.10. The molecule has 0 unspecified atom stereocenters. The van der Waals surface area contributed by atoms with Gasteiger partial charge in [0.1, 0.15) is 5.75 Å². The van der Waals surface area contributed by atoms with Crippen molar-refractivity contribution in [2.24, 2.45) is 11.7 Å². The molecule has 2 rings (SSSR count). The first-order valence-electron chi connectivity index (χ1n) is 6.57. The molecule has 0 saturated heterocycles. The summed E-state index contributed by atoms with van der Waals surface area (Å²) in [6, 6.07) is 5.81. The van der Waals surface area contributed by atoms with Gasteiger partial charge in [0.25, 0.3) is 5.91 Å². The number of nitrogens with two attached hydrogens (primary N) is 1. The van der Waals surface area contributed by atoms with Gasteiger partial charge in [-0.2, -0.15) is 0 Å². The number of ether oxygens (including phenoxy) is 1. The van der Waals surface area contributed by atoms with Gasteiger partial charge in [-0.1, -0.05) is 6.07 Å². The fraction of sp³-hybridized carbons (Fsp3) is 0.500. The van der Waals surface area contributed by atoms with Gasteiger partial charge in [0, 0.05) is 6.54 Å². The summed E-state index contributed by atoms with van der Waals surface area (Å²) in [5, 5.41) is 2.87. The quantitative estimate of drug-likeness (QED) is 0.803. The summed E-state index contributed by atoms with van der Waals surface area (Å²) in [5.74, 6) is 1.30. The highest BCUT2D eigenvalue weighted by atomic mass is 79.9. The van der Waals surface area contributed by atoms with Crippen molar-refractivity contribution in [2.45, 2.75) is 19.3 Å². The van der Waals surface area contributed by atoms with E-state index in [2.05, 4.69) is 21.2 Å². The van der Waals surface area contributed by atoms with Crippen molar-refractivity contribution in [3.8, 4) is 5.75 Å². The van der Waals surface area contributed by atoms with Gasteiger partial charge in [0.15, 0.2) is 6.61 Å². The highest BCUT2D eigenvalue weighted by Crippen LogP contribution is 2.28. The van der Waals surface area contributed by atoms with Gasteiger partial charge in [0.2, 0.25) is 0 Å². The summed E-state index contributed by atoms with van der Waals surface area (Å²) in [4.78, 5) is 11.6. The number of halogens is 1. The highest BCUT2D eigenvalue weighted by Gasteiger charge is 2.21. The molecule has 1 fully saturated rings. The van der Waals surface area contributed by atoms with Crippen molar-refractivity contribution >= 4 is 21.8 Å². The summed E-state index contributed by atoms with van der Waals surface area (Å²) < 4.78 is 6.35. The summed E-state index contributed by atoms with van der Waals surface area (Å²) in [7, 11) is 0. The Bertz CT molecular complexity index is 447. The Morgan fingerprint density at radius 2 is 2.26 bits per heavy atom. The third kappa shape index (κ3) is 4.84. The molecule has 5 heteroatoms. The number of nitrogens with one attached hydrogen (secondary N) is 1. The van der Waals surface area contributed by atoms with E-state index in [9.17, 15) is 4.79 Å². The van der Waals surface area contributed by atoms with Crippen LogP contribution in [0.5, 0.6) is 5.75 Å². The standard InChI is InChI=1S/C14H19BrN2O2/c15-12-7-10(5-6-16)3-4-13(12)19-9-14(18)17-8-11-1-2-11/h3-4,7,11H,1-2,5-6,8-9,16H2,(H,17,18). The van der Waals surface area contributed by atoms with Crippen LogP contribution in [-0.2, 0) is 11.2 Å². The molecule has 1 aromatic rings. The minimum absolute atomic E-state index is 0.0571. The molecule has 0 bridgehead atoms. The van der Waals surface area contributed by atoms with Crippen LogP contribution in [0.3, 0.4) is 0 Å². The monoisotopic (exact) mass is 326 g/mol. The van der Waals surface area contributed by atoms with Gasteiger partial charge in [-0.15, -0.1) is 0 Å². The Kier molecular flexibility index (Phi) is 5.22. The average molecular weight is 327 g/mol. The number of carbonyl (C=O) groups is 1. The SMILES string of the molecule is NCCc1ccc(OCC(=O)NCC2CC2)c(Br)c1. The van der Waals surface area contributed by atoms with Crippen LogP contribution in [0.2, 0.25) is 0 Å². The lowest BCUT2D eigenvalue weighted by molar-refractivity contribution is -0.123. The first-order valence-corrected chi connectivity index (χ1v) is 7.36. The minimum Gasteiger partial charge on any atom is -0.483 e. The summed E-state index contributed by atoms with van der Waals surface area (Å²) in [5.41, 5.74) is 6.66. The van der Waals surface area contributed by atoms with Crippen LogP contribution in [0.4, 0.5) is 0 Å². The average Bonchev–Trinajstić information content (AvgIpc) is 3.20. The minimum atomic E-state index is -0.0650. The van der Waals surface area contributed by atoms with Crippen LogP contribution in [-0.4, -0.2) is 25.6 Å². The Morgan fingerprint density at radius 1 is 1.47 bits per heavy atom. The second kappa shape index (κ2) is 6.91. The molecule has 0 heterocycles. The van der Waals surface area contributed by atoms with Crippen molar-refractivity contribution < 1.29 is 9.53 Å². The number of benzene rings is 1. The topological polar surface area (TPSA) is 64.3 Å². The molecule has 1 amide bonds. The van der Waals surface area contributed by atoms with Gasteiger partial charge in [0.05, 0.1) is 4.47 Å². The third-order valence-corrected chi connectivity index (χ3v) is 3.69. The fourth-order valence-electron chi connectivity index (χ4n) is 1.76. The molecular weight excluding hydrogens is 308 g/mol. The van der Waals surface area contributed by atoms with Gasteiger partial charge < -0.3 is 15.8 Å². The van der Waals surface area contributed by atoms with Crippen molar-refractivity contribution in [3.63, 3.8) is 0 Å².